The Balaban J connectivity index is 2.03. The number of methoxy groups -OCH3 is 1. The van der Waals surface area contributed by atoms with Crippen LogP contribution in [0, 0.1) is 5.82 Å². The molecule has 21 heavy (non-hydrogen) atoms. The number of carbonyl (C=O) groups is 1. The first-order valence-corrected chi connectivity index (χ1v) is 6.86. The third kappa shape index (κ3) is 4.31. The lowest BCUT2D eigenvalue weighted by atomic mass is 10.0. The number of hydrogen-bond acceptors (Lipinski definition) is 3. The van der Waals surface area contributed by atoms with Gasteiger partial charge in [-0.05, 0) is 30.2 Å². The molecule has 2 aromatic rings. The summed E-state index contributed by atoms with van der Waals surface area (Å²) in [5, 5.41) is 3.30. The highest BCUT2D eigenvalue weighted by Crippen LogP contribution is 2.27. The van der Waals surface area contributed by atoms with Gasteiger partial charge in [0.25, 0.3) is 0 Å². The van der Waals surface area contributed by atoms with Crippen LogP contribution in [0.1, 0.15) is 12.8 Å². The van der Waals surface area contributed by atoms with E-state index in [9.17, 15) is 9.18 Å². The number of halogens is 1. The number of ether oxygens (including phenoxy) is 1. The van der Waals surface area contributed by atoms with Crippen LogP contribution in [0.4, 0.5) is 10.1 Å². The molecule has 0 amide bonds. The van der Waals surface area contributed by atoms with Gasteiger partial charge in [0.2, 0.25) is 0 Å². The zero-order chi connectivity index (χ0) is 15.1. The van der Waals surface area contributed by atoms with Gasteiger partial charge in [-0.3, -0.25) is 4.79 Å². The van der Waals surface area contributed by atoms with Crippen LogP contribution in [0.5, 0.6) is 0 Å². The monoisotopic (exact) mass is 287 g/mol. The van der Waals surface area contributed by atoms with Crippen molar-refractivity contribution in [1.29, 1.82) is 0 Å². The Morgan fingerprint density at radius 1 is 1.14 bits per heavy atom. The minimum absolute atomic E-state index is 0.205. The molecule has 4 heteroatoms. The van der Waals surface area contributed by atoms with Crippen LogP contribution in [-0.2, 0) is 9.53 Å². The summed E-state index contributed by atoms with van der Waals surface area (Å²) in [5.74, 6) is -0.453. The average Bonchev–Trinajstić information content (AvgIpc) is 2.52. The quantitative estimate of drug-likeness (QED) is 0.647. The van der Waals surface area contributed by atoms with E-state index in [-0.39, 0.29) is 11.8 Å². The first kappa shape index (κ1) is 15.0. The van der Waals surface area contributed by atoms with Crippen molar-refractivity contribution in [3.05, 3.63) is 54.3 Å². The molecule has 0 saturated heterocycles. The molecule has 0 heterocycles. The summed E-state index contributed by atoms with van der Waals surface area (Å²) in [7, 11) is 1.39. The molecule has 0 aliphatic heterocycles. The molecular formula is C17H18FNO2. The maximum absolute atomic E-state index is 13.0. The third-order valence-corrected chi connectivity index (χ3v) is 3.18. The molecular weight excluding hydrogens is 269 g/mol. The summed E-state index contributed by atoms with van der Waals surface area (Å²) in [6, 6.07) is 14.2. The van der Waals surface area contributed by atoms with Crippen LogP contribution in [0.15, 0.2) is 48.5 Å². The molecule has 0 unspecified atom stereocenters. The Labute approximate surface area is 123 Å². The van der Waals surface area contributed by atoms with Gasteiger partial charge in [0.1, 0.15) is 5.82 Å². The van der Waals surface area contributed by atoms with E-state index in [0.717, 1.165) is 16.8 Å². The van der Waals surface area contributed by atoms with Crippen molar-refractivity contribution in [2.45, 2.75) is 12.8 Å². The second-order valence-electron chi connectivity index (χ2n) is 4.66. The molecule has 110 valence electrons. The van der Waals surface area contributed by atoms with Gasteiger partial charge in [0.05, 0.1) is 7.11 Å². The van der Waals surface area contributed by atoms with Crippen LogP contribution in [0.25, 0.3) is 11.1 Å². The maximum Gasteiger partial charge on any atom is 0.305 e. The normalized spacial score (nSPS) is 10.2. The molecule has 0 fully saturated rings. The molecule has 1 N–H and O–H groups in total. The lowest BCUT2D eigenvalue weighted by molar-refractivity contribution is -0.140. The van der Waals surface area contributed by atoms with E-state index in [4.69, 9.17) is 0 Å². The fraction of sp³-hybridized carbons (Fsp3) is 0.235. The molecule has 0 bridgehead atoms. The van der Waals surface area contributed by atoms with E-state index < -0.39 is 0 Å². The number of para-hydroxylation sites is 1. The van der Waals surface area contributed by atoms with Crippen molar-refractivity contribution in [2.75, 3.05) is 19.0 Å². The molecule has 0 aliphatic rings. The minimum Gasteiger partial charge on any atom is -0.469 e. The van der Waals surface area contributed by atoms with Gasteiger partial charge in [-0.25, -0.2) is 4.39 Å². The topological polar surface area (TPSA) is 38.3 Å². The SMILES string of the molecule is COC(=O)CCCNc1ccccc1-c1ccc(F)cc1. The lowest BCUT2D eigenvalue weighted by Gasteiger charge is -2.12. The third-order valence-electron chi connectivity index (χ3n) is 3.18. The smallest absolute Gasteiger partial charge is 0.305 e. The highest BCUT2D eigenvalue weighted by atomic mass is 19.1. The van der Waals surface area contributed by atoms with E-state index in [2.05, 4.69) is 10.1 Å². The zero-order valence-electron chi connectivity index (χ0n) is 11.9. The number of nitrogens with one attached hydrogen (secondary N) is 1. The Morgan fingerprint density at radius 2 is 1.86 bits per heavy atom. The fourth-order valence-electron chi connectivity index (χ4n) is 2.08. The summed E-state index contributed by atoms with van der Waals surface area (Å²) >= 11 is 0. The molecule has 0 saturated carbocycles. The number of benzene rings is 2. The van der Waals surface area contributed by atoms with Gasteiger partial charge in [0.15, 0.2) is 0 Å². The predicted molar refractivity (Wildman–Crippen MR) is 81.6 cm³/mol. The van der Waals surface area contributed by atoms with Crippen molar-refractivity contribution < 1.29 is 13.9 Å². The highest BCUT2D eigenvalue weighted by Gasteiger charge is 2.05. The molecule has 0 aromatic heterocycles. The molecule has 0 radical (unpaired) electrons. The van der Waals surface area contributed by atoms with Gasteiger partial charge in [-0.1, -0.05) is 30.3 Å². The van der Waals surface area contributed by atoms with Crippen molar-refractivity contribution >= 4 is 11.7 Å². The second kappa shape index (κ2) is 7.43. The van der Waals surface area contributed by atoms with E-state index in [1.54, 1.807) is 12.1 Å². The molecule has 0 atom stereocenters. The van der Waals surface area contributed by atoms with E-state index >= 15 is 0 Å². The molecule has 0 spiro atoms. The van der Waals surface area contributed by atoms with Crippen LogP contribution in [0.3, 0.4) is 0 Å². The number of rotatable bonds is 6. The highest BCUT2D eigenvalue weighted by molar-refractivity contribution is 5.77. The first-order chi connectivity index (χ1) is 10.2. The lowest BCUT2D eigenvalue weighted by Crippen LogP contribution is -2.07. The summed E-state index contributed by atoms with van der Waals surface area (Å²) in [4.78, 5) is 11.1. The van der Waals surface area contributed by atoms with Crippen LogP contribution < -0.4 is 5.32 Å². The zero-order valence-corrected chi connectivity index (χ0v) is 11.9. The number of hydrogen-bond donors (Lipinski definition) is 1. The van der Waals surface area contributed by atoms with Gasteiger partial charge in [-0.2, -0.15) is 0 Å². The van der Waals surface area contributed by atoms with Gasteiger partial charge >= 0.3 is 5.97 Å². The Morgan fingerprint density at radius 3 is 2.57 bits per heavy atom. The summed E-state index contributed by atoms with van der Waals surface area (Å²) in [6.07, 6.45) is 1.09. The van der Waals surface area contributed by atoms with Crippen LogP contribution in [-0.4, -0.2) is 19.6 Å². The fourth-order valence-corrected chi connectivity index (χ4v) is 2.08. The summed E-state index contributed by atoms with van der Waals surface area (Å²) in [5.41, 5.74) is 2.93. The van der Waals surface area contributed by atoms with E-state index in [1.165, 1.54) is 19.2 Å². The van der Waals surface area contributed by atoms with Gasteiger partial charge < -0.3 is 10.1 Å². The summed E-state index contributed by atoms with van der Waals surface area (Å²) < 4.78 is 17.6. The molecule has 0 aliphatic carbocycles. The van der Waals surface area contributed by atoms with E-state index in [1.807, 2.05) is 24.3 Å². The molecule has 2 aromatic carbocycles. The standard InChI is InChI=1S/C17H18FNO2/c1-21-17(20)7-4-12-19-16-6-3-2-5-15(16)13-8-10-14(18)11-9-13/h2-3,5-6,8-11,19H,4,7,12H2,1H3. The predicted octanol–water partition coefficient (Wildman–Crippen LogP) is 3.86. The number of carbonyl (C=O) groups excluding carboxylic acids is 1. The van der Waals surface area contributed by atoms with Crippen LogP contribution >= 0.6 is 0 Å². The van der Waals surface area contributed by atoms with Crippen molar-refractivity contribution in [2.24, 2.45) is 0 Å². The van der Waals surface area contributed by atoms with Crippen LogP contribution in [0.2, 0.25) is 0 Å². The van der Waals surface area contributed by atoms with Crippen molar-refractivity contribution in [3.8, 4) is 11.1 Å². The minimum atomic E-state index is -0.248. The Hall–Kier alpha value is -2.36. The Kier molecular flexibility index (Phi) is 5.32. The van der Waals surface area contributed by atoms with Crippen molar-refractivity contribution in [1.82, 2.24) is 0 Å². The van der Waals surface area contributed by atoms with E-state index in [0.29, 0.717) is 19.4 Å². The van der Waals surface area contributed by atoms with Crippen molar-refractivity contribution in [3.63, 3.8) is 0 Å². The first-order valence-electron chi connectivity index (χ1n) is 6.86. The second-order valence-corrected chi connectivity index (χ2v) is 4.66. The number of anilines is 1. The maximum atomic E-state index is 13.0. The summed E-state index contributed by atoms with van der Waals surface area (Å²) in [6.45, 7) is 0.674. The molecule has 3 nitrogen and oxygen atoms in total. The van der Waals surface area contributed by atoms with Gasteiger partial charge in [-0.15, -0.1) is 0 Å². The average molecular weight is 287 g/mol. The van der Waals surface area contributed by atoms with Gasteiger partial charge in [0, 0.05) is 24.2 Å². The largest absolute Gasteiger partial charge is 0.469 e. The number of esters is 1. The Bertz CT molecular complexity index is 596. The molecule has 2 rings (SSSR count).